The van der Waals surface area contributed by atoms with Gasteiger partial charge in [-0.05, 0) is 58.2 Å². The van der Waals surface area contributed by atoms with E-state index in [1.165, 1.54) is 17.5 Å². The van der Waals surface area contributed by atoms with Gasteiger partial charge in [-0.15, -0.1) is 0 Å². The van der Waals surface area contributed by atoms with Crippen LogP contribution in [-0.2, 0) is 0 Å². The van der Waals surface area contributed by atoms with Gasteiger partial charge >= 0.3 is 0 Å². The highest BCUT2D eigenvalue weighted by Gasteiger charge is 2.21. The number of piperidine rings is 1. The summed E-state index contributed by atoms with van der Waals surface area (Å²) in [5.74, 6) is 1.05. The fourth-order valence-electron chi connectivity index (χ4n) is 3.76. The van der Waals surface area contributed by atoms with Crippen LogP contribution in [0, 0.1) is 13.8 Å². The van der Waals surface area contributed by atoms with Crippen molar-refractivity contribution in [2.24, 2.45) is 4.99 Å². The van der Waals surface area contributed by atoms with E-state index in [0.717, 1.165) is 50.4 Å². The lowest BCUT2D eigenvalue weighted by Gasteiger charge is -2.35. The Labute approximate surface area is 185 Å². The molecule has 0 spiro atoms. The van der Waals surface area contributed by atoms with E-state index >= 15 is 0 Å². The molecule has 1 aliphatic heterocycles. The predicted octanol–water partition coefficient (Wildman–Crippen LogP) is 3.24. The van der Waals surface area contributed by atoms with E-state index in [2.05, 4.69) is 59.0 Å². The van der Waals surface area contributed by atoms with Gasteiger partial charge in [0.1, 0.15) is 0 Å². The summed E-state index contributed by atoms with van der Waals surface area (Å²) in [6.07, 6.45) is 4.59. The van der Waals surface area contributed by atoms with Gasteiger partial charge in [-0.3, -0.25) is 9.79 Å². The highest BCUT2D eigenvalue weighted by atomic mass is 16.3. The molecule has 2 heterocycles. The summed E-state index contributed by atoms with van der Waals surface area (Å²) in [7, 11) is 0. The van der Waals surface area contributed by atoms with Crippen LogP contribution in [0.3, 0.4) is 0 Å². The molecular weight excluding hydrogens is 390 g/mol. The SMILES string of the molecule is CCNC(=NCCCNC(=O)c1occc1C)NC1CCCN(c2ccc(C)cc2)C1. The molecule has 1 atom stereocenters. The Hall–Kier alpha value is -2.96. The quantitative estimate of drug-likeness (QED) is 0.344. The predicted molar refractivity (Wildman–Crippen MR) is 126 cm³/mol. The van der Waals surface area contributed by atoms with Crippen LogP contribution in [0.5, 0.6) is 0 Å². The Morgan fingerprint density at radius 2 is 2.00 bits per heavy atom. The number of aryl methyl sites for hydroxylation is 2. The minimum Gasteiger partial charge on any atom is -0.459 e. The maximum Gasteiger partial charge on any atom is 0.287 e. The minimum atomic E-state index is -0.171. The summed E-state index contributed by atoms with van der Waals surface area (Å²) in [4.78, 5) is 19.2. The van der Waals surface area contributed by atoms with Crippen LogP contribution in [0.2, 0.25) is 0 Å². The second-order valence-corrected chi connectivity index (χ2v) is 8.07. The number of benzene rings is 1. The molecule has 31 heavy (non-hydrogen) atoms. The first-order valence-corrected chi connectivity index (χ1v) is 11.3. The molecule has 0 aliphatic carbocycles. The lowest BCUT2D eigenvalue weighted by molar-refractivity contribution is 0.0925. The Balaban J connectivity index is 1.45. The number of anilines is 1. The fraction of sp³-hybridized carbons (Fsp3) is 0.500. The van der Waals surface area contributed by atoms with Crippen molar-refractivity contribution < 1.29 is 9.21 Å². The zero-order valence-corrected chi connectivity index (χ0v) is 18.9. The summed E-state index contributed by atoms with van der Waals surface area (Å²) in [5, 5.41) is 9.82. The number of rotatable bonds is 8. The van der Waals surface area contributed by atoms with E-state index in [1.54, 1.807) is 6.07 Å². The van der Waals surface area contributed by atoms with E-state index in [-0.39, 0.29) is 5.91 Å². The Bertz CT molecular complexity index is 859. The summed E-state index contributed by atoms with van der Waals surface area (Å²) in [5.41, 5.74) is 3.41. The van der Waals surface area contributed by atoms with Crippen LogP contribution in [-0.4, -0.2) is 50.6 Å². The van der Waals surface area contributed by atoms with E-state index in [0.29, 0.717) is 24.9 Å². The van der Waals surface area contributed by atoms with Crippen molar-refractivity contribution in [3.05, 3.63) is 53.5 Å². The van der Waals surface area contributed by atoms with Gasteiger partial charge in [0, 0.05) is 50.0 Å². The second-order valence-electron chi connectivity index (χ2n) is 8.07. The van der Waals surface area contributed by atoms with Crippen molar-refractivity contribution in [3.63, 3.8) is 0 Å². The van der Waals surface area contributed by atoms with E-state index < -0.39 is 0 Å². The second kappa shape index (κ2) is 11.4. The molecule has 1 amide bonds. The fourth-order valence-corrected chi connectivity index (χ4v) is 3.76. The normalized spacial score (nSPS) is 16.8. The van der Waals surface area contributed by atoms with Gasteiger partial charge in [0.2, 0.25) is 0 Å². The summed E-state index contributed by atoms with van der Waals surface area (Å²) in [6, 6.07) is 10.9. The largest absolute Gasteiger partial charge is 0.459 e. The molecule has 1 aromatic heterocycles. The molecule has 0 saturated carbocycles. The Morgan fingerprint density at radius 3 is 2.71 bits per heavy atom. The van der Waals surface area contributed by atoms with Crippen molar-refractivity contribution in [1.82, 2.24) is 16.0 Å². The van der Waals surface area contributed by atoms with E-state index in [9.17, 15) is 4.79 Å². The molecule has 1 aromatic carbocycles. The van der Waals surface area contributed by atoms with Gasteiger partial charge in [-0.1, -0.05) is 17.7 Å². The number of amides is 1. The molecule has 1 aliphatic rings. The molecule has 7 nitrogen and oxygen atoms in total. The summed E-state index contributed by atoms with van der Waals surface area (Å²) in [6.45, 7) is 10.1. The molecule has 3 rings (SSSR count). The Kier molecular flexibility index (Phi) is 8.38. The first-order chi connectivity index (χ1) is 15.1. The van der Waals surface area contributed by atoms with Gasteiger partial charge in [-0.25, -0.2) is 0 Å². The highest BCUT2D eigenvalue weighted by molar-refractivity contribution is 5.92. The number of carbonyl (C=O) groups excluding carboxylic acids is 1. The minimum absolute atomic E-state index is 0.171. The summed E-state index contributed by atoms with van der Waals surface area (Å²) >= 11 is 0. The van der Waals surface area contributed by atoms with E-state index in [4.69, 9.17) is 9.41 Å². The van der Waals surface area contributed by atoms with Gasteiger partial charge in [0.15, 0.2) is 11.7 Å². The highest BCUT2D eigenvalue weighted by Crippen LogP contribution is 2.20. The van der Waals surface area contributed by atoms with Crippen molar-refractivity contribution >= 4 is 17.6 Å². The standard InChI is InChI=1S/C24H35N5O2/c1-4-25-24(27-14-6-13-26-23(30)22-19(3)12-16-31-22)28-20-7-5-15-29(17-20)21-10-8-18(2)9-11-21/h8-12,16,20H,4-7,13-15,17H2,1-3H3,(H,26,30)(H2,25,27,28). The third kappa shape index (κ3) is 6.77. The monoisotopic (exact) mass is 425 g/mol. The van der Waals surface area contributed by atoms with Crippen LogP contribution >= 0.6 is 0 Å². The molecule has 0 radical (unpaired) electrons. The van der Waals surface area contributed by atoms with Crippen LogP contribution in [0.1, 0.15) is 47.9 Å². The molecule has 3 N–H and O–H groups in total. The number of guanidine groups is 1. The average Bonchev–Trinajstić information content (AvgIpc) is 3.20. The van der Waals surface area contributed by atoms with Crippen LogP contribution < -0.4 is 20.9 Å². The molecule has 1 saturated heterocycles. The number of carbonyl (C=O) groups is 1. The van der Waals surface area contributed by atoms with Crippen LogP contribution in [0.15, 0.2) is 46.0 Å². The van der Waals surface area contributed by atoms with Gasteiger partial charge in [0.25, 0.3) is 5.91 Å². The first-order valence-electron chi connectivity index (χ1n) is 11.3. The molecule has 1 unspecified atom stereocenters. The van der Waals surface area contributed by atoms with Crippen molar-refractivity contribution in [3.8, 4) is 0 Å². The maximum atomic E-state index is 12.1. The lowest BCUT2D eigenvalue weighted by atomic mass is 10.0. The van der Waals surface area contributed by atoms with Crippen molar-refractivity contribution in [1.29, 1.82) is 0 Å². The topological polar surface area (TPSA) is 81.9 Å². The molecule has 2 aromatic rings. The van der Waals surface area contributed by atoms with Crippen LogP contribution in [0.25, 0.3) is 0 Å². The lowest BCUT2D eigenvalue weighted by Crippen LogP contribution is -2.51. The van der Waals surface area contributed by atoms with Gasteiger partial charge in [0.05, 0.1) is 6.26 Å². The number of nitrogens with one attached hydrogen (secondary N) is 3. The summed E-state index contributed by atoms with van der Waals surface area (Å²) < 4.78 is 5.22. The molecular formula is C24H35N5O2. The molecule has 168 valence electrons. The van der Waals surface area contributed by atoms with Crippen LogP contribution in [0.4, 0.5) is 5.69 Å². The number of aliphatic imine (C=N–C) groups is 1. The maximum absolute atomic E-state index is 12.1. The third-order valence-corrected chi connectivity index (χ3v) is 5.46. The molecule has 7 heteroatoms. The zero-order valence-electron chi connectivity index (χ0n) is 18.9. The van der Waals surface area contributed by atoms with E-state index in [1.807, 2.05) is 6.92 Å². The van der Waals surface area contributed by atoms with Crippen molar-refractivity contribution in [2.45, 2.75) is 46.1 Å². The first kappa shape index (κ1) is 22.7. The number of nitrogens with zero attached hydrogens (tertiary/aromatic N) is 2. The smallest absolute Gasteiger partial charge is 0.287 e. The number of hydrogen-bond donors (Lipinski definition) is 3. The number of hydrogen-bond acceptors (Lipinski definition) is 4. The zero-order chi connectivity index (χ0) is 22.1. The van der Waals surface area contributed by atoms with Gasteiger partial charge < -0.3 is 25.3 Å². The third-order valence-electron chi connectivity index (χ3n) is 5.46. The Morgan fingerprint density at radius 1 is 1.19 bits per heavy atom. The van der Waals surface area contributed by atoms with Gasteiger partial charge in [-0.2, -0.15) is 0 Å². The average molecular weight is 426 g/mol. The van der Waals surface area contributed by atoms with Crippen molar-refractivity contribution in [2.75, 3.05) is 37.6 Å². The number of furan rings is 1. The molecule has 0 bridgehead atoms. The molecule has 1 fully saturated rings.